The SMILES string of the molecule is O=C(C1C(C(F)(F)F)CCc2nn(Cc3ncc(Cl)cc3Cl)c(=O)n21)N1CCC(F)(F)C1. The second-order valence-electron chi connectivity index (χ2n) is 7.81. The van der Waals surface area contributed by atoms with E-state index in [0.717, 1.165) is 4.68 Å². The Morgan fingerprint density at radius 1 is 1.28 bits per heavy atom. The Morgan fingerprint density at radius 2 is 2.00 bits per heavy atom. The number of aromatic nitrogens is 4. The van der Waals surface area contributed by atoms with Gasteiger partial charge in [0, 0.05) is 25.6 Å². The summed E-state index contributed by atoms with van der Waals surface area (Å²) in [5.74, 6) is -6.60. The normalized spacial score (nSPS) is 22.8. The molecule has 2 unspecified atom stereocenters. The van der Waals surface area contributed by atoms with Crippen molar-refractivity contribution in [1.82, 2.24) is 24.2 Å². The molecular weight excluding hydrogens is 484 g/mol. The topological polar surface area (TPSA) is 73.0 Å². The molecular formula is C18H16Cl2F5N5O2. The standard InChI is InChI=1S/C18H16Cl2F5N5O2/c19-9-5-11(20)12(26-6-9)7-29-16(32)30-13(27-29)2-1-10(18(23,24)25)14(30)15(31)28-4-3-17(21,22)8-28/h5-6,10,14H,1-4,7-8H2. The first-order chi connectivity index (χ1) is 14.9. The molecule has 2 aliphatic heterocycles. The number of alkyl halides is 5. The number of fused-ring (bicyclic) bond motifs is 1. The van der Waals surface area contributed by atoms with Crippen LogP contribution < -0.4 is 5.69 Å². The number of amides is 1. The molecule has 1 saturated heterocycles. The molecule has 0 radical (unpaired) electrons. The van der Waals surface area contributed by atoms with Crippen molar-refractivity contribution < 1.29 is 26.7 Å². The van der Waals surface area contributed by atoms with Crippen LogP contribution in [-0.2, 0) is 17.8 Å². The van der Waals surface area contributed by atoms with Gasteiger partial charge in [-0.3, -0.25) is 14.3 Å². The number of likely N-dealkylation sites (tertiary alicyclic amines) is 1. The highest BCUT2D eigenvalue weighted by molar-refractivity contribution is 6.34. The smallest absolute Gasteiger partial charge is 0.335 e. The Labute approximate surface area is 187 Å². The van der Waals surface area contributed by atoms with Crippen molar-refractivity contribution in [2.24, 2.45) is 5.92 Å². The lowest BCUT2D eigenvalue weighted by Crippen LogP contribution is -2.49. The number of carbonyl (C=O) groups excluding carboxylic acids is 1. The first-order valence-corrected chi connectivity index (χ1v) is 10.3. The number of rotatable bonds is 3. The number of pyridine rings is 1. The van der Waals surface area contributed by atoms with E-state index in [2.05, 4.69) is 10.1 Å². The number of nitrogens with zero attached hydrogens (tertiary/aromatic N) is 5. The van der Waals surface area contributed by atoms with Crippen LogP contribution in [0.4, 0.5) is 22.0 Å². The van der Waals surface area contributed by atoms with Crippen molar-refractivity contribution in [2.45, 2.75) is 43.9 Å². The Balaban J connectivity index is 1.74. The van der Waals surface area contributed by atoms with E-state index in [0.29, 0.717) is 9.47 Å². The molecule has 4 heterocycles. The molecule has 0 saturated carbocycles. The summed E-state index contributed by atoms with van der Waals surface area (Å²) >= 11 is 11.8. The quantitative estimate of drug-likeness (QED) is 0.607. The van der Waals surface area contributed by atoms with Crippen molar-refractivity contribution >= 4 is 29.1 Å². The van der Waals surface area contributed by atoms with E-state index in [1.54, 1.807) is 0 Å². The van der Waals surface area contributed by atoms with Crippen molar-refractivity contribution in [3.05, 3.63) is 44.3 Å². The van der Waals surface area contributed by atoms with Gasteiger partial charge in [0.05, 0.1) is 34.7 Å². The molecule has 1 fully saturated rings. The molecule has 2 aromatic rings. The van der Waals surface area contributed by atoms with Gasteiger partial charge in [-0.1, -0.05) is 23.2 Å². The van der Waals surface area contributed by atoms with Crippen LogP contribution in [0, 0.1) is 5.92 Å². The van der Waals surface area contributed by atoms with E-state index >= 15 is 0 Å². The van der Waals surface area contributed by atoms with E-state index in [9.17, 15) is 31.5 Å². The molecule has 0 aliphatic carbocycles. The third-order valence-corrected chi connectivity index (χ3v) is 6.15. The summed E-state index contributed by atoms with van der Waals surface area (Å²) in [5.41, 5.74) is -0.783. The van der Waals surface area contributed by atoms with Gasteiger partial charge in [-0.05, 0) is 12.5 Å². The Hall–Kier alpha value is -2.21. The predicted octanol–water partition coefficient (Wildman–Crippen LogP) is 3.33. The van der Waals surface area contributed by atoms with E-state index in [1.807, 2.05) is 0 Å². The van der Waals surface area contributed by atoms with E-state index in [4.69, 9.17) is 23.2 Å². The lowest BCUT2D eigenvalue weighted by Gasteiger charge is -2.34. The average molecular weight is 500 g/mol. The molecule has 0 N–H and O–H groups in total. The maximum atomic E-state index is 13.8. The molecule has 2 atom stereocenters. The van der Waals surface area contributed by atoms with Gasteiger partial charge in [-0.2, -0.15) is 18.3 Å². The van der Waals surface area contributed by atoms with E-state index in [-0.39, 0.29) is 34.5 Å². The first-order valence-electron chi connectivity index (χ1n) is 9.59. The predicted molar refractivity (Wildman–Crippen MR) is 103 cm³/mol. The molecule has 4 rings (SSSR count). The minimum absolute atomic E-state index is 0.0371. The number of halogens is 7. The van der Waals surface area contributed by atoms with Gasteiger partial charge >= 0.3 is 11.9 Å². The highest BCUT2D eigenvalue weighted by Crippen LogP contribution is 2.42. The average Bonchev–Trinajstić information content (AvgIpc) is 3.21. The Bertz CT molecular complexity index is 1120. The highest BCUT2D eigenvalue weighted by Gasteiger charge is 2.54. The van der Waals surface area contributed by atoms with Crippen LogP contribution in [0.1, 0.15) is 30.4 Å². The number of aryl methyl sites for hydroxylation is 1. The largest absolute Gasteiger partial charge is 0.394 e. The van der Waals surface area contributed by atoms with Gasteiger partial charge in [-0.25, -0.2) is 18.3 Å². The molecule has 174 valence electrons. The minimum Gasteiger partial charge on any atom is -0.335 e. The summed E-state index contributed by atoms with van der Waals surface area (Å²) in [6.45, 7) is -1.65. The zero-order valence-electron chi connectivity index (χ0n) is 16.3. The molecule has 32 heavy (non-hydrogen) atoms. The van der Waals surface area contributed by atoms with E-state index in [1.165, 1.54) is 12.3 Å². The molecule has 2 aromatic heterocycles. The molecule has 14 heteroatoms. The summed E-state index contributed by atoms with van der Waals surface area (Å²) in [7, 11) is 0. The molecule has 2 aliphatic rings. The van der Waals surface area contributed by atoms with Gasteiger partial charge in [0.15, 0.2) is 0 Å². The summed E-state index contributed by atoms with van der Waals surface area (Å²) < 4.78 is 70.0. The van der Waals surface area contributed by atoms with Crippen molar-refractivity contribution in [1.29, 1.82) is 0 Å². The summed E-state index contributed by atoms with van der Waals surface area (Å²) in [6.07, 6.45) is -4.90. The van der Waals surface area contributed by atoms with Gasteiger partial charge < -0.3 is 4.90 Å². The maximum Gasteiger partial charge on any atom is 0.394 e. The molecule has 0 aromatic carbocycles. The zero-order chi connectivity index (χ0) is 23.4. The third-order valence-electron chi connectivity index (χ3n) is 5.62. The number of hydrogen-bond acceptors (Lipinski definition) is 4. The molecule has 7 nitrogen and oxygen atoms in total. The van der Waals surface area contributed by atoms with Crippen LogP contribution in [0.2, 0.25) is 10.0 Å². The fourth-order valence-corrected chi connectivity index (χ4v) is 4.52. The maximum absolute atomic E-state index is 13.8. The van der Waals surface area contributed by atoms with E-state index < -0.39 is 61.6 Å². The third kappa shape index (κ3) is 4.21. The van der Waals surface area contributed by atoms with Crippen LogP contribution in [-0.4, -0.2) is 55.3 Å². The second kappa shape index (κ2) is 7.98. The second-order valence-corrected chi connectivity index (χ2v) is 8.65. The van der Waals surface area contributed by atoms with Crippen LogP contribution in [0.3, 0.4) is 0 Å². The zero-order valence-corrected chi connectivity index (χ0v) is 17.8. The van der Waals surface area contributed by atoms with Gasteiger partial charge in [0.2, 0.25) is 5.91 Å². The van der Waals surface area contributed by atoms with Crippen molar-refractivity contribution in [3.8, 4) is 0 Å². The summed E-state index contributed by atoms with van der Waals surface area (Å²) in [4.78, 5) is 30.6. The minimum atomic E-state index is -4.82. The first kappa shape index (κ1) is 23.0. The Kier molecular flexibility index (Phi) is 5.73. The Morgan fingerprint density at radius 3 is 2.59 bits per heavy atom. The van der Waals surface area contributed by atoms with Crippen LogP contribution in [0.15, 0.2) is 17.1 Å². The van der Waals surface area contributed by atoms with Crippen molar-refractivity contribution in [2.75, 3.05) is 13.1 Å². The van der Waals surface area contributed by atoms with Crippen LogP contribution >= 0.6 is 23.2 Å². The van der Waals surface area contributed by atoms with Crippen LogP contribution in [0.25, 0.3) is 0 Å². The fourth-order valence-electron chi connectivity index (χ4n) is 4.08. The highest BCUT2D eigenvalue weighted by atomic mass is 35.5. The number of hydrogen-bond donors (Lipinski definition) is 0. The lowest BCUT2D eigenvalue weighted by molar-refractivity contribution is -0.196. The molecule has 1 amide bonds. The molecule has 0 bridgehead atoms. The summed E-state index contributed by atoms with van der Waals surface area (Å²) in [6, 6.07) is -0.631. The van der Waals surface area contributed by atoms with Gasteiger partial charge in [0.25, 0.3) is 5.92 Å². The summed E-state index contributed by atoms with van der Waals surface area (Å²) in [5, 5.41) is 4.43. The lowest BCUT2D eigenvalue weighted by atomic mass is 9.89. The van der Waals surface area contributed by atoms with Crippen molar-refractivity contribution in [3.63, 3.8) is 0 Å². The monoisotopic (exact) mass is 499 g/mol. The van der Waals surface area contributed by atoms with Crippen LogP contribution in [0.5, 0.6) is 0 Å². The molecule has 0 spiro atoms. The van der Waals surface area contributed by atoms with Gasteiger partial charge in [0.1, 0.15) is 11.9 Å². The number of carbonyl (C=O) groups is 1. The van der Waals surface area contributed by atoms with Gasteiger partial charge in [-0.15, -0.1) is 0 Å². The fraction of sp³-hybridized carbons (Fsp3) is 0.556.